The number of likely N-dealkylation sites (tertiary alicyclic amines) is 1. The molecule has 1 fully saturated rings. The average Bonchev–Trinajstić information content (AvgIpc) is 2.91. The molecule has 0 aliphatic carbocycles. The minimum Gasteiger partial charge on any atom is -0.480 e. The van der Waals surface area contributed by atoms with Gasteiger partial charge in [-0.3, -0.25) is 4.79 Å². The van der Waals surface area contributed by atoms with Gasteiger partial charge in [-0.15, -0.1) is 0 Å². The molecule has 1 aliphatic heterocycles. The van der Waals surface area contributed by atoms with Gasteiger partial charge < -0.3 is 15.3 Å². The quantitative estimate of drug-likeness (QED) is 0.829. The van der Waals surface area contributed by atoms with E-state index in [1.165, 1.54) is 0 Å². The van der Waals surface area contributed by atoms with E-state index in [9.17, 15) is 14.7 Å². The summed E-state index contributed by atoms with van der Waals surface area (Å²) in [5.74, 6) is -1.33. The average molecular weight is 262 g/mol. The number of nitrogens with one attached hydrogen (secondary N) is 1. The minimum absolute atomic E-state index is 0.341. The number of carbonyl (C=O) groups excluding carboxylic acids is 1. The standard InChI is InChI=1S/C14H18N2O3/c17-13(11-6-2-1-3-7-11)15-12(14(18)19)10-16-8-4-5-9-16/h1-3,6-7,12H,4-5,8-10H2,(H,15,17)(H,18,19)/t12-/m1/s1. The third-order valence-corrected chi connectivity index (χ3v) is 3.28. The van der Waals surface area contributed by atoms with Gasteiger partial charge in [-0.05, 0) is 38.1 Å². The number of carboxylic acids is 1. The van der Waals surface area contributed by atoms with E-state index in [2.05, 4.69) is 10.2 Å². The van der Waals surface area contributed by atoms with Crippen LogP contribution in [0.4, 0.5) is 0 Å². The Kier molecular flexibility index (Phi) is 4.52. The van der Waals surface area contributed by atoms with Gasteiger partial charge in [0.05, 0.1) is 0 Å². The number of hydrogen-bond acceptors (Lipinski definition) is 3. The fourth-order valence-corrected chi connectivity index (χ4v) is 2.24. The van der Waals surface area contributed by atoms with Crippen LogP contribution in [0, 0.1) is 0 Å². The number of rotatable bonds is 5. The van der Waals surface area contributed by atoms with Crippen LogP contribution in [0.1, 0.15) is 23.2 Å². The second-order valence-corrected chi connectivity index (χ2v) is 4.74. The van der Waals surface area contributed by atoms with E-state index in [1.807, 2.05) is 6.07 Å². The van der Waals surface area contributed by atoms with Crippen LogP contribution in [0.25, 0.3) is 0 Å². The molecule has 0 radical (unpaired) electrons. The summed E-state index contributed by atoms with van der Waals surface area (Å²) >= 11 is 0. The molecule has 0 saturated carbocycles. The van der Waals surface area contributed by atoms with Crippen LogP contribution in [-0.4, -0.2) is 47.6 Å². The summed E-state index contributed by atoms with van der Waals surface area (Å²) in [6.07, 6.45) is 2.19. The second kappa shape index (κ2) is 6.33. The third-order valence-electron chi connectivity index (χ3n) is 3.28. The van der Waals surface area contributed by atoms with Crippen LogP contribution in [-0.2, 0) is 4.79 Å². The van der Waals surface area contributed by atoms with E-state index >= 15 is 0 Å². The van der Waals surface area contributed by atoms with Gasteiger partial charge in [0.25, 0.3) is 5.91 Å². The Labute approximate surface area is 112 Å². The zero-order valence-corrected chi connectivity index (χ0v) is 10.7. The Hall–Kier alpha value is -1.88. The molecule has 1 amide bonds. The van der Waals surface area contributed by atoms with E-state index < -0.39 is 12.0 Å². The maximum absolute atomic E-state index is 11.9. The summed E-state index contributed by atoms with van der Waals surface area (Å²) in [6.45, 7) is 2.18. The Bertz CT molecular complexity index is 441. The second-order valence-electron chi connectivity index (χ2n) is 4.74. The number of carboxylic acid groups (broad SMARTS) is 1. The largest absolute Gasteiger partial charge is 0.480 e. The molecule has 5 nitrogen and oxygen atoms in total. The number of nitrogens with zero attached hydrogens (tertiary/aromatic N) is 1. The van der Waals surface area contributed by atoms with Crippen molar-refractivity contribution in [3.05, 3.63) is 35.9 Å². The van der Waals surface area contributed by atoms with Crippen molar-refractivity contribution in [3.63, 3.8) is 0 Å². The molecule has 1 heterocycles. The lowest BCUT2D eigenvalue weighted by Crippen LogP contribution is -2.47. The first-order valence-corrected chi connectivity index (χ1v) is 6.48. The molecule has 1 aromatic carbocycles. The first-order chi connectivity index (χ1) is 9.16. The molecule has 2 N–H and O–H groups in total. The molecule has 1 saturated heterocycles. The predicted octanol–water partition coefficient (Wildman–Crippen LogP) is 0.965. The highest BCUT2D eigenvalue weighted by Gasteiger charge is 2.24. The summed E-state index contributed by atoms with van der Waals surface area (Å²) in [7, 11) is 0. The third kappa shape index (κ3) is 3.79. The van der Waals surface area contributed by atoms with Crippen molar-refractivity contribution in [2.45, 2.75) is 18.9 Å². The molecule has 0 aromatic heterocycles. The molecule has 102 valence electrons. The van der Waals surface area contributed by atoms with Crippen molar-refractivity contribution < 1.29 is 14.7 Å². The van der Waals surface area contributed by atoms with Crippen LogP contribution in [0.5, 0.6) is 0 Å². The Morgan fingerprint density at radius 3 is 2.42 bits per heavy atom. The van der Waals surface area contributed by atoms with Crippen molar-refractivity contribution in [2.24, 2.45) is 0 Å². The first kappa shape index (κ1) is 13.5. The van der Waals surface area contributed by atoms with E-state index in [1.54, 1.807) is 24.3 Å². The number of aliphatic carboxylic acids is 1. The monoisotopic (exact) mass is 262 g/mol. The highest BCUT2D eigenvalue weighted by atomic mass is 16.4. The van der Waals surface area contributed by atoms with Gasteiger partial charge in [0, 0.05) is 12.1 Å². The number of hydrogen-bond donors (Lipinski definition) is 2. The molecule has 0 bridgehead atoms. The van der Waals surface area contributed by atoms with Gasteiger partial charge in [0.2, 0.25) is 0 Å². The van der Waals surface area contributed by atoms with Crippen molar-refractivity contribution in [1.29, 1.82) is 0 Å². The number of benzene rings is 1. The van der Waals surface area contributed by atoms with Gasteiger partial charge in [-0.1, -0.05) is 18.2 Å². The van der Waals surface area contributed by atoms with Gasteiger partial charge in [0.15, 0.2) is 0 Å². The molecule has 1 atom stereocenters. The van der Waals surface area contributed by atoms with E-state index in [0.29, 0.717) is 12.1 Å². The zero-order valence-electron chi connectivity index (χ0n) is 10.7. The SMILES string of the molecule is O=C(N[C@H](CN1CCCC1)C(=O)O)c1ccccc1. The fourth-order valence-electron chi connectivity index (χ4n) is 2.24. The van der Waals surface area contributed by atoms with Crippen molar-refractivity contribution in [3.8, 4) is 0 Å². The zero-order chi connectivity index (χ0) is 13.7. The summed E-state index contributed by atoms with van der Waals surface area (Å²) in [6, 6.07) is 7.81. The van der Waals surface area contributed by atoms with Gasteiger partial charge in [-0.25, -0.2) is 4.79 Å². The van der Waals surface area contributed by atoms with E-state index in [-0.39, 0.29) is 5.91 Å². The summed E-state index contributed by atoms with van der Waals surface area (Å²) in [5, 5.41) is 11.8. The normalized spacial score (nSPS) is 17.1. The predicted molar refractivity (Wildman–Crippen MR) is 71.0 cm³/mol. The maximum atomic E-state index is 11.9. The summed E-state index contributed by atoms with van der Waals surface area (Å²) in [5.41, 5.74) is 0.482. The highest BCUT2D eigenvalue weighted by Crippen LogP contribution is 2.08. The number of amides is 1. The lowest BCUT2D eigenvalue weighted by molar-refractivity contribution is -0.139. The molecule has 0 spiro atoms. The van der Waals surface area contributed by atoms with Crippen LogP contribution >= 0.6 is 0 Å². The molecule has 5 heteroatoms. The molecule has 19 heavy (non-hydrogen) atoms. The van der Waals surface area contributed by atoms with Gasteiger partial charge >= 0.3 is 5.97 Å². The van der Waals surface area contributed by atoms with Crippen LogP contribution in [0.3, 0.4) is 0 Å². The van der Waals surface area contributed by atoms with E-state index in [4.69, 9.17) is 0 Å². The fraction of sp³-hybridized carbons (Fsp3) is 0.429. The van der Waals surface area contributed by atoms with Gasteiger partial charge in [-0.2, -0.15) is 0 Å². The number of carbonyl (C=O) groups is 2. The van der Waals surface area contributed by atoms with Crippen molar-refractivity contribution >= 4 is 11.9 Å². The van der Waals surface area contributed by atoms with Gasteiger partial charge in [0.1, 0.15) is 6.04 Å². The maximum Gasteiger partial charge on any atom is 0.327 e. The summed E-state index contributed by atoms with van der Waals surface area (Å²) < 4.78 is 0. The van der Waals surface area contributed by atoms with Crippen molar-refractivity contribution in [1.82, 2.24) is 10.2 Å². The molecular formula is C14H18N2O3. The Morgan fingerprint density at radius 2 is 1.84 bits per heavy atom. The Morgan fingerprint density at radius 1 is 1.21 bits per heavy atom. The highest BCUT2D eigenvalue weighted by molar-refractivity contribution is 5.96. The topological polar surface area (TPSA) is 69.6 Å². The summed E-state index contributed by atoms with van der Waals surface area (Å²) in [4.78, 5) is 25.2. The lowest BCUT2D eigenvalue weighted by Gasteiger charge is -2.21. The van der Waals surface area contributed by atoms with Crippen LogP contribution < -0.4 is 5.32 Å². The van der Waals surface area contributed by atoms with Crippen LogP contribution in [0.15, 0.2) is 30.3 Å². The molecule has 1 aromatic rings. The molecule has 1 aliphatic rings. The molecule has 2 rings (SSSR count). The van der Waals surface area contributed by atoms with Crippen molar-refractivity contribution in [2.75, 3.05) is 19.6 Å². The van der Waals surface area contributed by atoms with E-state index in [0.717, 1.165) is 25.9 Å². The molecule has 0 unspecified atom stereocenters. The smallest absolute Gasteiger partial charge is 0.327 e. The van der Waals surface area contributed by atoms with Crippen LogP contribution in [0.2, 0.25) is 0 Å². The first-order valence-electron chi connectivity index (χ1n) is 6.48. The molecular weight excluding hydrogens is 244 g/mol. The Balaban J connectivity index is 1.96. The lowest BCUT2D eigenvalue weighted by atomic mass is 10.2. The minimum atomic E-state index is -0.990.